The molecule has 2 amide bonds. The van der Waals surface area contributed by atoms with Crippen molar-refractivity contribution in [2.24, 2.45) is 0 Å². The van der Waals surface area contributed by atoms with Crippen LogP contribution in [0.4, 0.5) is 4.79 Å². The molecule has 0 saturated carbocycles. The van der Waals surface area contributed by atoms with Crippen molar-refractivity contribution in [3.05, 3.63) is 22.5 Å². The number of esters is 1. The molecule has 0 aliphatic heterocycles. The number of hydrogen-bond acceptors (Lipinski definition) is 5. The van der Waals surface area contributed by atoms with Crippen molar-refractivity contribution in [3.63, 3.8) is 0 Å². The Bertz CT molecular complexity index is 681. The Balaban J connectivity index is 3.21. The second kappa shape index (κ2) is 10.7. The van der Waals surface area contributed by atoms with Crippen molar-refractivity contribution in [2.45, 2.75) is 41.2 Å². The summed E-state index contributed by atoms with van der Waals surface area (Å²) >= 11 is 0. The number of amides is 2. The quantitative estimate of drug-likeness (QED) is 0.495. The Hall–Kier alpha value is -2.35. The first-order chi connectivity index (χ1) is 12.8. The Labute approximate surface area is 160 Å². The molecule has 1 heterocycles. The van der Waals surface area contributed by atoms with Crippen molar-refractivity contribution in [3.8, 4) is 0 Å². The Morgan fingerprint density at radius 1 is 1.15 bits per heavy atom. The molecule has 0 atom stereocenters. The fraction of sp³-hybridized carbons (Fsp3) is 0.632. The number of methoxy groups -OCH3 is 1. The van der Waals surface area contributed by atoms with E-state index in [1.807, 2.05) is 13.8 Å². The van der Waals surface area contributed by atoms with Gasteiger partial charge in [-0.25, -0.2) is 9.59 Å². The number of nitrogens with zero attached hydrogens (tertiary/aromatic N) is 2. The molecule has 0 bridgehead atoms. The highest BCUT2D eigenvalue weighted by atomic mass is 16.5. The molecular weight excluding hydrogens is 350 g/mol. The lowest BCUT2D eigenvalue weighted by atomic mass is 10.1. The minimum atomic E-state index is -0.445. The second-order valence-electron chi connectivity index (χ2n) is 6.07. The number of urea groups is 1. The molecule has 1 N–H and O–H groups in total. The van der Waals surface area contributed by atoms with Crippen LogP contribution in [0.15, 0.2) is 0 Å². The predicted octanol–water partition coefficient (Wildman–Crippen LogP) is 2.16. The van der Waals surface area contributed by atoms with Gasteiger partial charge >= 0.3 is 12.0 Å². The summed E-state index contributed by atoms with van der Waals surface area (Å²) in [4.78, 5) is 39.0. The lowest BCUT2D eigenvalue weighted by Gasteiger charge is -2.22. The SMILES string of the molecule is CCNC(=O)N(CCOC)CC(=O)c1c(C)c(C(=O)OCC)n(CC)c1C. The van der Waals surface area contributed by atoms with Gasteiger partial charge in [-0.1, -0.05) is 0 Å². The first-order valence-electron chi connectivity index (χ1n) is 9.25. The molecule has 0 aliphatic rings. The molecule has 0 unspecified atom stereocenters. The standard InChI is InChI=1S/C19H31N3O5/c1-7-20-19(25)21(10-11-26-6)12-15(23)16-13(4)17(18(24)27-9-3)22(8-2)14(16)5/h7-12H2,1-6H3,(H,20,25). The molecule has 152 valence electrons. The van der Waals surface area contributed by atoms with Gasteiger partial charge in [0, 0.05) is 38.0 Å². The highest BCUT2D eigenvalue weighted by molar-refractivity contribution is 6.04. The molecule has 0 fully saturated rings. The third kappa shape index (κ3) is 5.32. The normalized spacial score (nSPS) is 10.6. The van der Waals surface area contributed by atoms with Crippen molar-refractivity contribution in [1.29, 1.82) is 0 Å². The van der Waals surface area contributed by atoms with Gasteiger partial charge < -0.3 is 24.3 Å². The van der Waals surface area contributed by atoms with Crippen LogP contribution in [0.1, 0.15) is 52.9 Å². The molecule has 27 heavy (non-hydrogen) atoms. The minimum absolute atomic E-state index is 0.0904. The maximum atomic E-state index is 13.0. The number of ketones is 1. The molecule has 0 spiro atoms. The van der Waals surface area contributed by atoms with Gasteiger partial charge in [0.15, 0.2) is 5.78 Å². The van der Waals surface area contributed by atoms with Gasteiger partial charge in [0.1, 0.15) is 5.69 Å². The van der Waals surface area contributed by atoms with Crippen LogP contribution < -0.4 is 5.32 Å². The molecule has 1 rings (SSSR count). The molecular formula is C19H31N3O5. The van der Waals surface area contributed by atoms with Gasteiger partial charge in [0.2, 0.25) is 0 Å². The van der Waals surface area contributed by atoms with E-state index in [1.165, 1.54) is 4.90 Å². The molecule has 0 radical (unpaired) electrons. The summed E-state index contributed by atoms with van der Waals surface area (Å²) in [6.45, 7) is 10.8. The fourth-order valence-corrected chi connectivity index (χ4v) is 3.13. The number of ether oxygens (including phenoxy) is 2. The third-order valence-electron chi connectivity index (χ3n) is 4.35. The van der Waals surface area contributed by atoms with Crippen LogP contribution >= 0.6 is 0 Å². The fourth-order valence-electron chi connectivity index (χ4n) is 3.13. The van der Waals surface area contributed by atoms with Gasteiger partial charge in [0.25, 0.3) is 0 Å². The lowest BCUT2D eigenvalue weighted by molar-refractivity contribution is 0.0512. The summed E-state index contributed by atoms with van der Waals surface area (Å²) < 4.78 is 12.0. The third-order valence-corrected chi connectivity index (χ3v) is 4.35. The molecule has 0 saturated heterocycles. The van der Waals surface area contributed by atoms with E-state index in [2.05, 4.69) is 5.32 Å². The summed E-state index contributed by atoms with van der Waals surface area (Å²) in [6, 6.07) is -0.321. The lowest BCUT2D eigenvalue weighted by Crippen LogP contribution is -2.44. The minimum Gasteiger partial charge on any atom is -0.461 e. The first-order valence-corrected chi connectivity index (χ1v) is 9.25. The molecule has 0 aromatic carbocycles. The highest BCUT2D eigenvalue weighted by Crippen LogP contribution is 2.24. The van der Waals surface area contributed by atoms with E-state index in [0.717, 1.165) is 0 Å². The number of carbonyl (C=O) groups is 3. The van der Waals surface area contributed by atoms with Crippen LogP contribution in [0.2, 0.25) is 0 Å². The summed E-state index contributed by atoms with van der Waals surface area (Å²) in [6.07, 6.45) is 0. The number of carbonyl (C=O) groups excluding carboxylic acids is 3. The summed E-state index contributed by atoms with van der Waals surface area (Å²) in [5.74, 6) is -0.663. The maximum Gasteiger partial charge on any atom is 0.355 e. The zero-order valence-electron chi connectivity index (χ0n) is 17.2. The van der Waals surface area contributed by atoms with Crippen LogP contribution in [0.3, 0.4) is 0 Å². The number of aromatic nitrogens is 1. The van der Waals surface area contributed by atoms with Gasteiger partial charge in [0.05, 0.1) is 19.8 Å². The topological polar surface area (TPSA) is 89.9 Å². The smallest absolute Gasteiger partial charge is 0.355 e. The van der Waals surface area contributed by atoms with Crippen molar-refractivity contribution >= 4 is 17.8 Å². The average molecular weight is 381 g/mol. The molecule has 0 aliphatic carbocycles. The van der Waals surface area contributed by atoms with Crippen molar-refractivity contribution in [2.75, 3.05) is 40.0 Å². The number of nitrogens with one attached hydrogen (secondary N) is 1. The van der Waals surface area contributed by atoms with Gasteiger partial charge in [-0.15, -0.1) is 0 Å². The van der Waals surface area contributed by atoms with E-state index in [1.54, 1.807) is 32.4 Å². The van der Waals surface area contributed by atoms with Gasteiger partial charge in [-0.2, -0.15) is 0 Å². The van der Waals surface area contributed by atoms with Crippen LogP contribution in [0, 0.1) is 13.8 Å². The van der Waals surface area contributed by atoms with Crippen LogP contribution in [-0.4, -0.2) is 67.2 Å². The van der Waals surface area contributed by atoms with Crippen LogP contribution in [-0.2, 0) is 16.0 Å². The maximum absolute atomic E-state index is 13.0. The average Bonchev–Trinajstić information content (AvgIpc) is 2.88. The van der Waals surface area contributed by atoms with E-state index in [-0.39, 0.29) is 25.0 Å². The van der Waals surface area contributed by atoms with E-state index in [9.17, 15) is 14.4 Å². The van der Waals surface area contributed by atoms with E-state index in [0.29, 0.717) is 48.8 Å². The second-order valence-corrected chi connectivity index (χ2v) is 6.07. The largest absolute Gasteiger partial charge is 0.461 e. The molecule has 8 nitrogen and oxygen atoms in total. The first kappa shape index (κ1) is 22.7. The van der Waals surface area contributed by atoms with E-state index >= 15 is 0 Å². The zero-order chi connectivity index (χ0) is 20.6. The molecule has 1 aromatic rings. The van der Waals surface area contributed by atoms with Gasteiger partial charge in [-0.05, 0) is 40.2 Å². The Morgan fingerprint density at radius 3 is 2.33 bits per heavy atom. The van der Waals surface area contributed by atoms with Crippen LogP contribution in [0.5, 0.6) is 0 Å². The number of Topliss-reactive ketones (excluding diaryl/α,β-unsaturated/α-hetero) is 1. The van der Waals surface area contributed by atoms with Gasteiger partial charge in [-0.3, -0.25) is 4.79 Å². The highest BCUT2D eigenvalue weighted by Gasteiger charge is 2.28. The number of hydrogen-bond donors (Lipinski definition) is 1. The molecule has 8 heteroatoms. The van der Waals surface area contributed by atoms with E-state index in [4.69, 9.17) is 9.47 Å². The van der Waals surface area contributed by atoms with Crippen molar-refractivity contribution < 1.29 is 23.9 Å². The summed E-state index contributed by atoms with van der Waals surface area (Å²) in [5, 5.41) is 2.70. The summed E-state index contributed by atoms with van der Waals surface area (Å²) in [5.41, 5.74) is 2.14. The van der Waals surface area contributed by atoms with E-state index < -0.39 is 5.97 Å². The Kier molecular flexibility index (Phi) is 9.00. The van der Waals surface area contributed by atoms with Crippen LogP contribution in [0.25, 0.3) is 0 Å². The van der Waals surface area contributed by atoms with Crippen molar-refractivity contribution in [1.82, 2.24) is 14.8 Å². The number of rotatable bonds is 10. The Morgan fingerprint density at radius 2 is 1.81 bits per heavy atom. The monoisotopic (exact) mass is 381 g/mol. The predicted molar refractivity (Wildman–Crippen MR) is 102 cm³/mol. The summed E-state index contributed by atoms with van der Waals surface area (Å²) in [7, 11) is 1.54. The zero-order valence-corrected chi connectivity index (χ0v) is 17.2. The molecule has 1 aromatic heterocycles.